The minimum Gasteiger partial charge on any atom is -0.334 e. The second kappa shape index (κ2) is 5.18. The Kier molecular flexibility index (Phi) is 3.37. The molecule has 0 unspecified atom stereocenters. The Bertz CT molecular complexity index is 658. The molecule has 5 nitrogen and oxygen atoms in total. The Labute approximate surface area is 119 Å². The SMILES string of the molecule is NNc1nccc(C(=O)N2CCc3sccc3C2)c1F. The molecule has 0 fully saturated rings. The Balaban J connectivity index is 1.87. The van der Waals surface area contributed by atoms with Gasteiger partial charge in [-0.05, 0) is 29.5 Å². The number of pyridine rings is 1. The molecule has 20 heavy (non-hydrogen) atoms. The number of aromatic nitrogens is 1. The number of carbonyl (C=O) groups is 1. The Morgan fingerprint density at radius 3 is 3.15 bits per heavy atom. The van der Waals surface area contributed by atoms with E-state index in [1.807, 2.05) is 11.4 Å². The molecule has 0 saturated carbocycles. The van der Waals surface area contributed by atoms with Gasteiger partial charge in [-0.2, -0.15) is 0 Å². The number of halogens is 1. The zero-order valence-electron chi connectivity index (χ0n) is 10.6. The monoisotopic (exact) mass is 292 g/mol. The highest BCUT2D eigenvalue weighted by molar-refractivity contribution is 7.10. The van der Waals surface area contributed by atoms with Crippen molar-refractivity contribution in [3.8, 4) is 0 Å². The van der Waals surface area contributed by atoms with Gasteiger partial charge in [0.05, 0.1) is 5.56 Å². The summed E-state index contributed by atoms with van der Waals surface area (Å²) in [7, 11) is 0. The first-order valence-electron chi connectivity index (χ1n) is 6.16. The maximum absolute atomic E-state index is 14.1. The maximum atomic E-state index is 14.1. The van der Waals surface area contributed by atoms with Crippen molar-refractivity contribution >= 4 is 23.1 Å². The first-order chi connectivity index (χ1) is 9.70. The van der Waals surface area contributed by atoms with Gasteiger partial charge in [-0.1, -0.05) is 0 Å². The summed E-state index contributed by atoms with van der Waals surface area (Å²) in [5, 5.41) is 2.02. The van der Waals surface area contributed by atoms with Crippen LogP contribution >= 0.6 is 11.3 Å². The van der Waals surface area contributed by atoms with E-state index in [2.05, 4.69) is 10.4 Å². The number of nitrogens with zero attached hydrogens (tertiary/aromatic N) is 2. The fourth-order valence-corrected chi connectivity index (χ4v) is 3.19. The first kappa shape index (κ1) is 13.0. The lowest BCUT2D eigenvalue weighted by Crippen LogP contribution is -2.36. The van der Waals surface area contributed by atoms with E-state index in [0.717, 1.165) is 12.0 Å². The minimum atomic E-state index is -0.712. The lowest BCUT2D eigenvalue weighted by molar-refractivity contribution is 0.0731. The van der Waals surface area contributed by atoms with Crippen molar-refractivity contribution in [1.82, 2.24) is 9.88 Å². The zero-order valence-corrected chi connectivity index (χ0v) is 11.4. The lowest BCUT2D eigenvalue weighted by atomic mass is 10.1. The van der Waals surface area contributed by atoms with E-state index in [9.17, 15) is 9.18 Å². The third kappa shape index (κ3) is 2.14. The number of carbonyl (C=O) groups excluding carboxylic acids is 1. The second-order valence-corrected chi connectivity index (χ2v) is 5.51. The molecule has 0 atom stereocenters. The highest BCUT2D eigenvalue weighted by Crippen LogP contribution is 2.26. The highest BCUT2D eigenvalue weighted by Gasteiger charge is 2.25. The summed E-state index contributed by atoms with van der Waals surface area (Å²) in [6, 6.07) is 3.39. The summed E-state index contributed by atoms with van der Waals surface area (Å²) >= 11 is 1.70. The third-order valence-corrected chi connectivity index (χ3v) is 4.37. The molecule has 1 amide bonds. The van der Waals surface area contributed by atoms with Crippen molar-refractivity contribution in [2.24, 2.45) is 5.84 Å². The van der Waals surface area contributed by atoms with Crippen molar-refractivity contribution in [2.45, 2.75) is 13.0 Å². The van der Waals surface area contributed by atoms with Crippen LogP contribution in [0.25, 0.3) is 0 Å². The quantitative estimate of drug-likeness (QED) is 0.653. The van der Waals surface area contributed by atoms with Gasteiger partial charge in [0.2, 0.25) is 0 Å². The van der Waals surface area contributed by atoms with Crippen molar-refractivity contribution in [3.63, 3.8) is 0 Å². The number of thiophene rings is 1. The Morgan fingerprint density at radius 1 is 1.50 bits per heavy atom. The molecule has 0 spiro atoms. The fourth-order valence-electron chi connectivity index (χ4n) is 2.30. The van der Waals surface area contributed by atoms with Crippen LogP contribution in [0.5, 0.6) is 0 Å². The summed E-state index contributed by atoms with van der Waals surface area (Å²) in [5.74, 6) is 4.00. The van der Waals surface area contributed by atoms with Crippen LogP contribution in [0.15, 0.2) is 23.7 Å². The van der Waals surface area contributed by atoms with Crippen LogP contribution in [0.1, 0.15) is 20.8 Å². The second-order valence-electron chi connectivity index (χ2n) is 4.51. The molecule has 0 bridgehead atoms. The van der Waals surface area contributed by atoms with Crippen LogP contribution < -0.4 is 11.3 Å². The molecule has 3 N–H and O–H groups in total. The van der Waals surface area contributed by atoms with Crippen LogP contribution in [-0.4, -0.2) is 22.3 Å². The molecule has 104 valence electrons. The summed E-state index contributed by atoms with van der Waals surface area (Å²) < 4.78 is 14.1. The number of nitrogens with two attached hydrogens (primary N) is 1. The molecule has 3 heterocycles. The smallest absolute Gasteiger partial charge is 0.257 e. The van der Waals surface area contributed by atoms with E-state index < -0.39 is 5.82 Å². The zero-order chi connectivity index (χ0) is 14.1. The van der Waals surface area contributed by atoms with E-state index >= 15 is 0 Å². The molecule has 2 aromatic rings. The number of hydrazine groups is 1. The standard InChI is InChI=1S/C13H13FN4OS/c14-11-9(1-4-16-12(11)17-15)13(19)18-5-2-10-8(7-18)3-6-20-10/h1,3-4,6H,2,5,7,15H2,(H,16,17). The molecule has 2 aromatic heterocycles. The number of hydrogen-bond donors (Lipinski definition) is 2. The van der Waals surface area contributed by atoms with E-state index in [-0.39, 0.29) is 17.3 Å². The number of nitrogen functional groups attached to an aromatic ring is 1. The largest absolute Gasteiger partial charge is 0.334 e. The van der Waals surface area contributed by atoms with Gasteiger partial charge in [0, 0.05) is 24.2 Å². The predicted octanol–water partition coefficient (Wildman–Crippen LogP) is 1.77. The van der Waals surface area contributed by atoms with Crippen molar-refractivity contribution < 1.29 is 9.18 Å². The summed E-state index contributed by atoms with van der Waals surface area (Å²) in [5.41, 5.74) is 3.28. The Hall–Kier alpha value is -1.99. The molecule has 1 aliphatic heterocycles. The van der Waals surface area contributed by atoms with E-state index in [1.165, 1.54) is 17.1 Å². The van der Waals surface area contributed by atoms with Crippen molar-refractivity contribution in [1.29, 1.82) is 0 Å². The number of amides is 1. The van der Waals surface area contributed by atoms with Crippen LogP contribution in [0.3, 0.4) is 0 Å². The highest BCUT2D eigenvalue weighted by atomic mass is 32.1. The van der Waals surface area contributed by atoms with Gasteiger partial charge in [0.15, 0.2) is 11.6 Å². The molecule has 0 radical (unpaired) electrons. The Morgan fingerprint density at radius 2 is 2.35 bits per heavy atom. The van der Waals surface area contributed by atoms with Gasteiger partial charge in [-0.3, -0.25) is 4.79 Å². The molecule has 1 aliphatic rings. The summed E-state index contributed by atoms with van der Waals surface area (Å²) in [6.45, 7) is 1.12. The van der Waals surface area contributed by atoms with E-state index in [4.69, 9.17) is 5.84 Å². The normalized spacial score (nSPS) is 14.0. The number of anilines is 1. The predicted molar refractivity (Wildman–Crippen MR) is 74.8 cm³/mol. The number of fused-ring (bicyclic) bond motifs is 1. The molecule has 0 saturated heterocycles. The lowest BCUT2D eigenvalue weighted by Gasteiger charge is -2.27. The van der Waals surface area contributed by atoms with Crippen molar-refractivity contribution in [3.05, 3.63) is 45.5 Å². The number of nitrogens with one attached hydrogen (secondary N) is 1. The summed E-state index contributed by atoms with van der Waals surface area (Å²) in [4.78, 5) is 19.1. The van der Waals surface area contributed by atoms with Gasteiger partial charge in [-0.25, -0.2) is 15.2 Å². The third-order valence-electron chi connectivity index (χ3n) is 3.35. The van der Waals surface area contributed by atoms with Crippen LogP contribution in [0, 0.1) is 5.82 Å². The molecule has 0 aliphatic carbocycles. The van der Waals surface area contributed by atoms with Gasteiger partial charge in [0.25, 0.3) is 5.91 Å². The van der Waals surface area contributed by atoms with Gasteiger partial charge in [-0.15, -0.1) is 11.3 Å². The molecule has 3 rings (SSSR count). The van der Waals surface area contributed by atoms with Crippen molar-refractivity contribution in [2.75, 3.05) is 12.0 Å². The molecule has 7 heteroatoms. The summed E-state index contributed by atoms with van der Waals surface area (Å²) in [6.07, 6.45) is 2.18. The van der Waals surface area contributed by atoms with E-state index in [0.29, 0.717) is 13.1 Å². The topological polar surface area (TPSA) is 71.2 Å². The molecule has 0 aromatic carbocycles. The van der Waals surface area contributed by atoms with Crippen LogP contribution in [-0.2, 0) is 13.0 Å². The molecular formula is C13H13FN4OS. The van der Waals surface area contributed by atoms with Gasteiger partial charge >= 0.3 is 0 Å². The fraction of sp³-hybridized carbons (Fsp3) is 0.231. The minimum absolute atomic E-state index is 0.00775. The average molecular weight is 292 g/mol. The van der Waals surface area contributed by atoms with Gasteiger partial charge in [0.1, 0.15) is 0 Å². The van der Waals surface area contributed by atoms with E-state index in [1.54, 1.807) is 16.2 Å². The average Bonchev–Trinajstić information content (AvgIpc) is 2.94. The number of hydrogen-bond acceptors (Lipinski definition) is 5. The van der Waals surface area contributed by atoms with Crippen LogP contribution in [0.4, 0.5) is 10.2 Å². The van der Waals surface area contributed by atoms with Gasteiger partial charge < -0.3 is 10.3 Å². The first-order valence-corrected chi connectivity index (χ1v) is 7.04. The number of rotatable bonds is 2. The molecular weight excluding hydrogens is 279 g/mol. The maximum Gasteiger partial charge on any atom is 0.257 e. The van der Waals surface area contributed by atoms with Crippen LogP contribution in [0.2, 0.25) is 0 Å².